The third-order valence-electron chi connectivity index (χ3n) is 13.5. The topological polar surface area (TPSA) is 532 Å². The van der Waals surface area contributed by atoms with Crippen molar-refractivity contribution in [1.82, 2.24) is 53.2 Å². The Labute approximate surface area is 495 Å². The number of cyclic esters (lactones) is 1. The van der Waals surface area contributed by atoms with Gasteiger partial charge in [0.15, 0.2) is 18.1 Å². The molecule has 1 fully saturated rings. The van der Waals surface area contributed by atoms with Gasteiger partial charge in [0, 0.05) is 6.54 Å². The zero-order valence-electron chi connectivity index (χ0n) is 50.7. The summed E-state index contributed by atoms with van der Waals surface area (Å²) in [6.07, 6.45) is -7.71. The number of primary amides is 1. The van der Waals surface area contributed by atoms with Gasteiger partial charge in [-0.1, -0.05) is 75.7 Å². The predicted octanol–water partition coefficient (Wildman–Crippen LogP) is -6.79. The molecule has 85 heavy (non-hydrogen) atoms. The fraction of sp³-hybridized carbons (Fsp3) is 0.755. The molecule has 0 aromatic carbocycles. The van der Waals surface area contributed by atoms with E-state index < -0.39 is 181 Å². The summed E-state index contributed by atoms with van der Waals surface area (Å²) < 4.78 is 5.53. The molecule has 1 aliphatic heterocycles. The van der Waals surface area contributed by atoms with Gasteiger partial charge >= 0.3 is 5.97 Å². The third-order valence-corrected chi connectivity index (χ3v) is 13.5. The van der Waals surface area contributed by atoms with Gasteiger partial charge in [0.2, 0.25) is 65.0 Å². The van der Waals surface area contributed by atoms with Gasteiger partial charge in [0.05, 0.1) is 31.4 Å². The van der Waals surface area contributed by atoms with Gasteiger partial charge in [-0.15, -0.1) is 0 Å². The summed E-state index contributed by atoms with van der Waals surface area (Å²) >= 11 is 0. The molecule has 0 radical (unpaired) electrons. The Morgan fingerprint density at radius 2 is 1.18 bits per heavy atom. The van der Waals surface area contributed by atoms with Crippen molar-refractivity contribution < 1.29 is 82.7 Å². The summed E-state index contributed by atoms with van der Waals surface area (Å²) in [7, 11) is 0. The fourth-order valence-electron chi connectivity index (χ4n) is 8.52. The summed E-state index contributed by atoms with van der Waals surface area (Å²) in [5.41, 5.74) is 22.5. The minimum absolute atomic E-state index is 0.0358. The van der Waals surface area contributed by atoms with E-state index in [1.165, 1.54) is 13.8 Å². The summed E-state index contributed by atoms with van der Waals surface area (Å²) in [6.45, 7) is 16.4. The number of guanidine groups is 1. The molecule has 0 aromatic heterocycles. The van der Waals surface area contributed by atoms with Gasteiger partial charge in [0.25, 0.3) is 0 Å². The Morgan fingerprint density at radius 1 is 0.647 bits per heavy atom. The second-order valence-corrected chi connectivity index (χ2v) is 22.9. The number of aliphatic imine (C=N–C) groups is 1. The quantitative estimate of drug-likeness (QED) is 0.0207. The maximum absolute atomic E-state index is 14.8. The number of aliphatic hydroxyl groups excluding tert-OH is 4. The van der Waals surface area contributed by atoms with E-state index in [0.717, 1.165) is 13.8 Å². The number of carbonyl (C=O) groups excluding carboxylic acids is 12. The number of ether oxygens (including phenoxy) is 1. The van der Waals surface area contributed by atoms with Gasteiger partial charge in [0.1, 0.15) is 54.4 Å². The lowest BCUT2D eigenvalue weighted by atomic mass is 9.96. The second kappa shape index (κ2) is 36.5. The minimum atomic E-state index is -2.55. The predicted molar refractivity (Wildman–Crippen MR) is 306 cm³/mol. The standard InChI is InChI=1S/C53H95N15O17/c1-13-26(10)35-48(80)66-36(27(11)70)47(79)59-20-34(71)64-39(41(73)42(55)74)51(83)63-33(21-69)52(84)85-28(12)37(67-46(78)32(19-24(6)7)61-43(75)29(54)17-22(2)3)49(81)68-38(40(72)25(8)9)50(82)62-31(18-23(4)5)45(77)60-30(44(76)65-35)15-14-16-58-53(56)57/h22-33,35-41,69-70,72-73H,13-21,54H2,1-12H3,(H2,55,74)(H,59,79)(H,60,77)(H,61,75)(H,62,82)(H,63,83)(H,64,71)(H,65,76)(H,66,80)(H,67,78)(H,68,81)(H4,56,57,58)/t26-,27-,28+,29+,30+,31?,32-,33?,35-,36?,37?,38-,39?,40+,41-/m0/s1. The first kappa shape index (κ1) is 75.7. The molecule has 1 aliphatic rings. The van der Waals surface area contributed by atoms with Crippen molar-refractivity contribution in [1.29, 1.82) is 0 Å². The first-order valence-corrected chi connectivity index (χ1v) is 28.4. The van der Waals surface area contributed by atoms with Crippen LogP contribution in [-0.2, 0) is 62.3 Å². The molecule has 15 atom stereocenters. The molecule has 0 aliphatic carbocycles. The number of amides is 11. The Kier molecular flexibility index (Phi) is 32.5. The largest absolute Gasteiger partial charge is 0.458 e. The molecular weight excluding hydrogens is 1120 g/mol. The molecule has 0 aromatic rings. The maximum atomic E-state index is 14.8. The first-order valence-electron chi connectivity index (χ1n) is 28.4. The summed E-state index contributed by atoms with van der Waals surface area (Å²) in [4.78, 5) is 171. The van der Waals surface area contributed by atoms with E-state index >= 15 is 0 Å². The van der Waals surface area contributed by atoms with Gasteiger partial charge in [-0.05, 0) is 75.5 Å². The van der Waals surface area contributed by atoms with E-state index in [-0.39, 0.29) is 68.8 Å². The van der Waals surface area contributed by atoms with Crippen LogP contribution < -0.4 is 76.1 Å². The molecule has 484 valence electrons. The van der Waals surface area contributed by atoms with E-state index in [1.807, 2.05) is 24.5 Å². The van der Waals surface area contributed by atoms with Crippen LogP contribution >= 0.6 is 0 Å². The lowest BCUT2D eigenvalue weighted by Crippen LogP contribution is -2.65. The maximum Gasteiger partial charge on any atom is 0.331 e. The monoisotopic (exact) mass is 1210 g/mol. The number of hydrogen-bond acceptors (Lipinski definition) is 19. The lowest BCUT2D eigenvalue weighted by Gasteiger charge is -2.33. The van der Waals surface area contributed by atoms with E-state index in [2.05, 4.69) is 47.5 Å². The molecule has 32 nitrogen and oxygen atoms in total. The van der Waals surface area contributed by atoms with Crippen molar-refractivity contribution in [3.05, 3.63) is 0 Å². The van der Waals surface area contributed by atoms with E-state index in [0.29, 0.717) is 0 Å². The average molecular weight is 1210 g/mol. The molecule has 1 rings (SSSR count). The minimum Gasteiger partial charge on any atom is -0.458 e. The average Bonchev–Trinajstić information content (AvgIpc) is 3.54. The van der Waals surface area contributed by atoms with Crippen LogP contribution in [0.5, 0.6) is 0 Å². The van der Waals surface area contributed by atoms with Crippen LogP contribution in [0.25, 0.3) is 0 Å². The van der Waals surface area contributed by atoms with Gasteiger partial charge in [-0.3, -0.25) is 57.7 Å². The third kappa shape index (κ3) is 25.8. The van der Waals surface area contributed by atoms with Crippen LogP contribution in [0.1, 0.15) is 122 Å². The number of nitrogens with one attached hydrogen (secondary N) is 10. The normalized spacial score (nSPS) is 25.5. The van der Waals surface area contributed by atoms with Crippen LogP contribution in [-0.4, -0.2) is 202 Å². The molecule has 11 amide bonds. The van der Waals surface area contributed by atoms with Crippen molar-refractivity contribution in [3.63, 3.8) is 0 Å². The van der Waals surface area contributed by atoms with E-state index in [4.69, 9.17) is 27.7 Å². The van der Waals surface area contributed by atoms with Crippen LogP contribution in [0.3, 0.4) is 0 Å². The van der Waals surface area contributed by atoms with Gasteiger partial charge in [-0.2, -0.15) is 0 Å². The molecule has 1 heterocycles. The molecule has 0 bridgehead atoms. The Bertz CT molecular complexity index is 2340. The highest BCUT2D eigenvalue weighted by Crippen LogP contribution is 2.16. The second-order valence-electron chi connectivity index (χ2n) is 22.9. The lowest BCUT2D eigenvalue weighted by molar-refractivity contribution is -0.157. The van der Waals surface area contributed by atoms with Crippen molar-refractivity contribution in [2.24, 2.45) is 57.5 Å². The molecular formula is C53H95N15O17. The number of rotatable bonds is 22. The van der Waals surface area contributed by atoms with Gasteiger partial charge in [-0.25, -0.2) is 4.79 Å². The zero-order valence-corrected chi connectivity index (χ0v) is 50.7. The summed E-state index contributed by atoms with van der Waals surface area (Å²) in [5.74, 6) is -16.9. The van der Waals surface area contributed by atoms with Crippen molar-refractivity contribution in [2.45, 2.75) is 206 Å². The fourth-order valence-corrected chi connectivity index (χ4v) is 8.52. The highest BCUT2D eigenvalue weighted by Gasteiger charge is 2.42. The number of carbonyl (C=O) groups is 12. The number of aliphatic hydroxyl groups is 4. The van der Waals surface area contributed by atoms with Crippen molar-refractivity contribution >= 4 is 76.9 Å². The molecule has 1 saturated heterocycles. The molecule has 0 saturated carbocycles. The molecule has 32 heteroatoms. The smallest absolute Gasteiger partial charge is 0.331 e. The number of hydrogen-bond donors (Lipinski definition) is 18. The number of nitrogens with two attached hydrogens (primary N) is 4. The van der Waals surface area contributed by atoms with Crippen molar-refractivity contribution in [2.75, 3.05) is 19.7 Å². The highest BCUT2D eigenvalue weighted by atomic mass is 16.5. The molecule has 5 unspecified atom stereocenters. The van der Waals surface area contributed by atoms with Crippen LogP contribution in [0.2, 0.25) is 0 Å². The van der Waals surface area contributed by atoms with E-state index in [1.54, 1.807) is 41.5 Å². The van der Waals surface area contributed by atoms with Crippen molar-refractivity contribution in [3.8, 4) is 0 Å². The summed E-state index contributed by atoms with van der Waals surface area (Å²) in [5, 5.41) is 67.0. The first-order chi connectivity index (χ1) is 39.5. The van der Waals surface area contributed by atoms with E-state index in [9.17, 15) is 78.0 Å². The highest BCUT2D eigenvalue weighted by molar-refractivity contribution is 6.00. The Hall–Kier alpha value is -7.29. The number of esters is 1. The Morgan fingerprint density at radius 3 is 1.69 bits per heavy atom. The van der Waals surface area contributed by atoms with Crippen LogP contribution in [0, 0.1) is 29.6 Å². The zero-order chi connectivity index (χ0) is 65.3. The summed E-state index contributed by atoms with van der Waals surface area (Å²) in [6, 6.07) is -17.4. The van der Waals surface area contributed by atoms with Crippen LogP contribution in [0.4, 0.5) is 0 Å². The Balaban J connectivity index is 4.32. The van der Waals surface area contributed by atoms with Gasteiger partial charge < -0.3 is 101 Å². The SMILES string of the molecule is CC[C@H](C)[C@@H]1NC(=O)[C@@H](CCCN=C(N)N)NC(=O)C(CC(C)C)NC(=O)[C@H]([C@H](O)C(C)C)NC(=O)C(NC(=O)[C@H](CC(C)C)NC(=O)[C@H](N)CC(C)C)[C@@H](C)OC(=O)C(CO)NC(=O)C([C@H](O)C(N)=O)NC(=O)CNC(=O)C([C@H](C)O)NC1=O. The number of nitrogens with zero attached hydrogens (tertiary/aromatic N) is 1. The molecule has 0 spiro atoms. The molecule has 22 N–H and O–H groups in total. The van der Waals surface area contributed by atoms with Crippen LogP contribution in [0.15, 0.2) is 4.99 Å².